The molecule has 0 unspecified atom stereocenters. The van der Waals surface area contributed by atoms with Crippen LogP contribution in [-0.4, -0.2) is 21.8 Å². The molecule has 2 aromatic rings. The van der Waals surface area contributed by atoms with Crippen molar-refractivity contribution in [3.63, 3.8) is 0 Å². The number of nitrogens with one attached hydrogen (secondary N) is 1. The van der Waals surface area contributed by atoms with Crippen molar-refractivity contribution in [2.45, 2.75) is 25.4 Å². The molecule has 0 atom stereocenters. The van der Waals surface area contributed by atoms with Gasteiger partial charge in [0.15, 0.2) is 0 Å². The lowest BCUT2D eigenvalue weighted by atomic mass is 10.1. The number of nitrogen functional groups attached to an aromatic ring is 1. The summed E-state index contributed by atoms with van der Waals surface area (Å²) in [5.41, 5.74) is 7.62. The van der Waals surface area contributed by atoms with E-state index in [0.29, 0.717) is 17.9 Å². The Morgan fingerprint density at radius 2 is 1.95 bits per heavy atom. The minimum Gasteiger partial charge on any atom is -0.398 e. The van der Waals surface area contributed by atoms with Gasteiger partial charge in [-0.1, -0.05) is 24.3 Å². The summed E-state index contributed by atoms with van der Waals surface area (Å²) in [5, 5.41) is 0. The first-order valence-corrected chi connectivity index (χ1v) is 6.99. The number of pyridine rings is 1. The molecule has 1 aliphatic rings. The number of aromatic nitrogens is 1. The lowest BCUT2D eigenvalue weighted by Crippen LogP contribution is -2.34. The largest absolute Gasteiger partial charge is 0.398 e. The van der Waals surface area contributed by atoms with Gasteiger partial charge in [0.05, 0.1) is 0 Å². The zero-order valence-electron chi connectivity index (χ0n) is 11.6. The van der Waals surface area contributed by atoms with Crippen molar-refractivity contribution in [1.29, 1.82) is 0 Å². The molecule has 1 aliphatic carbocycles. The summed E-state index contributed by atoms with van der Waals surface area (Å²) < 4.78 is 0. The molecule has 1 aromatic carbocycles. The van der Waals surface area contributed by atoms with Crippen LogP contribution >= 0.6 is 0 Å². The molecule has 5 heteroatoms. The number of aromatic amines is 1. The van der Waals surface area contributed by atoms with Crippen LogP contribution < -0.4 is 11.3 Å². The molecule has 3 N–H and O–H groups in total. The summed E-state index contributed by atoms with van der Waals surface area (Å²) in [7, 11) is 0. The van der Waals surface area contributed by atoms with Gasteiger partial charge in [-0.25, -0.2) is 0 Å². The highest BCUT2D eigenvalue weighted by molar-refractivity contribution is 5.92. The summed E-state index contributed by atoms with van der Waals surface area (Å²) >= 11 is 0. The van der Waals surface area contributed by atoms with E-state index in [2.05, 4.69) is 4.98 Å². The monoisotopic (exact) mass is 283 g/mol. The van der Waals surface area contributed by atoms with Crippen LogP contribution in [0.25, 0.3) is 0 Å². The number of carbonyl (C=O) groups excluding carboxylic acids is 1. The van der Waals surface area contributed by atoms with Crippen molar-refractivity contribution in [2.75, 3.05) is 5.73 Å². The number of nitrogens with two attached hydrogens (primary N) is 1. The van der Waals surface area contributed by atoms with Gasteiger partial charge in [-0.05, 0) is 30.5 Å². The van der Waals surface area contributed by atoms with Crippen LogP contribution in [0.1, 0.15) is 28.9 Å². The number of para-hydroxylation sites is 1. The van der Waals surface area contributed by atoms with Crippen molar-refractivity contribution >= 4 is 11.6 Å². The van der Waals surface area contributed by atoms with Gasteiger partial charge in [-0.2, -0.15) is 0 Å². The maximum atomic E-state index is 12.6. The molecule has 0 radical (unpaired) electrons. The lowest BCUT2D eigenvalue weighted by molar-refractivity contribution is 0.0724. The number of hydrogen-bond donors (Lipinski definition) is 2. The predicted octanol–water partition coefficient (Wildman–Crippen LogP) is 1.76. The number of anilines is 1. The summed E-state index contributed by atoms with van der Waals surface area (Å²) in [6.45, 7) is 0.465. The van der Waals surface area contributed by atoms with Crippen LogP contribution in [0.3, 0.4) is 0 Å². The molecule has 1 amide bonds. The molecule has 3 rings (SSSR count). The van der Waals surface area contributed by atoms with E-state index in [0.717, 1.165) is 18.4 Å². The van der Waals surface area contributed by atoms with E-state index in [4.69, 9.17) is 5.73 Å². The SMILES string of the molecule is Nc1ccccc1CN(C(=O)c1cccc(=O)[nH]1)C1CC1. The summed E-state index contributed by atoms with van der Waals surface area (Å²) in [6.07, 6.45) is 1.99. The fourth-order valence-electron chi connectivity index (χ4n) is 2.34. The lowest BCUT2D eigenvalue weighted by Gasteiger charge is -2.23. The molecule has 1 fully saturated rings. The van der Waals surface area contributed by atoms with E-state index in [9.17, 15) is 9.59 Å². The van der Waals surface area contributed by atoms with Crippen LogP contribution in [0.4, 0.5) is 5.69 Å². The van der Waals surface area contributed by atoms with Crippen LogP contribution in [0.2, 0.25) is 0 Å². The van der Waals surface area contributed by atoms with Crippen molar-refractivity contribution in [3.8, 4) is 0 Å². The standard InChI is InChI=1S/C16H17N3O2/c17-13-5-2-1-4-11(13)10-19(12-8-9-12)16(21)14-6-3-7-15(20)18-14/h1-7,12H,8-10,17H2,(H,18,20). The van der Waals surface area contributed by atoms with Gasteiger partial charge in [0.1, 0.15) is 5.69 Å². The second kappa shape index (κ2) is 5.44. The molecule has 0 bridgehead atoms. The van der Waals surface area contributed by atoms with Gasteiger partial charge in [-0.15, -0.1) is 0 Å². The second-order valence-corrected chi connectivity index (χ2v) is 5.29. The highest BCUT2D eigenvalue weighted by Gasteiger charge is 2.33. The Kier molecular flexibility index (Phi) is 3.48. The first-order chi connectivity index (χ1) is 10.1. The maximum Gasteiger partial charge on any atom is 0.270 e. The molecule has 0 saturated heterocycles. The quantitative estimate of drug-likeness (QED) is 0.839. The van der Waals surface area contributed by atoms with Crippen molar-refractivity contribution in [1.82, 2.24) is 9.88 Å². The molecule has 108 valence electrons. The fourth-order valence-corrected chi connectivity index (χ4v) is 2.34. The molecule has 1 aromatic heterocycles. The molecule has 0 spiro atoms. The van der Waals surface area contributed by atoms with Gasteiger partial charge in [0.2, 0.25) is 5.56 Å². The summed E-state index contributed by atoms with van der Waals surface area (Å²) in [4.78, 5) is 28.4. The van der Waals surface area contributed by atoms with Crippen molar-refractivity contribution in [2.24, 2.45) is 0 Å². The molecule has 21 heavy (non-hydrogen) atoms. The number of H-pyrrole nitrogens is 1. The van der Waals surface area contributed by atoms with E-state index >= 15 is 0 Å². The number of rotatable bonds is 4. The van der Waals surface area contributed by atoms with Crippen LogP contribution in [0.5, 0.6) is 0 Å². The van der Waals surface area contributed by atoms with E-state index in [1.54, 1.807) is 17.0 Å². The third-order valence-corrected chi connectivity index (χ3v) is 3.64. The Morgan fingerprint density at radius 1 is 1.19 bits per heavy atom. The van der Waals surface area contributed by atoms with E-state index in [1.165, 1.54) is 6.07 Å². The number of hydrogen-bond acceptors (Lipinski definition) is 3. The topological polar surface area (TPSA) is 79.2 Å². The van der Waals surface area contributed by atoms with Gasteiger partial charge in [0.25, 0.3) is 5.91 Å². The van der Waals surface area contributed by atoms with Crippen LogP contribution in [0.15, 0.2) is 47.3 Å². The predicted molar refractivity (Wildman–Crippen MR) is 80.8 cm³/mol. The van der Waals surface area contributed by atoms with E-state index in [-0.39, 0.29) is 17.5 Å². The zero-order valence-corrected chi connectivity index (χ0v) is 11.6. The first-order valence-electron chi connectivity index (χ1n) is 6.99. The Balaban J connectivity index is 1.87. The van der Waals surface area contributed by atoms with Gasteiger partial charge in [0, 0.05) is 24.3 Å². The number of amides is 1. The molecular weight excluding hydrogens is 266 g/mol. The molecule has 1 heterocycles. The fraction of sp³-hybridized carbons (Fsp3) is 0.250. The number of nitrogens with zero attached hydrogens (tertiary/aromatic N) is 1. The van der Waals surface area contributed by atoms with Gasteiger partial charge >= 0.3 is 0 Å². The van der Waals surface area contributed by atoms with Gasteiger partial charge < -0.3 is 15.6 Å². The third kappa shape index (κ3) is 2.97. The summed E-state index contributed by atoms with van der Waals surface area (Å²) in [5.74, 6) is -0.154. The number of benzene rings is 1. The zero-order chi connectivity index (χ0) is 14.8. The van der Waals surface area contributed by atoms with Crippen LogP contribution in [0, 0.1) is 0 Å². The van der Waals surface area contributed by atoms with Crippen LogP contribution in [-0.2, 0) is 6.54 Å². The smallest absolute Gasteiger partial charge is 0.270 e. The highest BCUT2D eigenvalue weighted by atomic mass is 16.2. The number of carbonyl (C=O) groups is 1. The Morgan fingerprint density at radius 3 is 2.62 bits per heavy atom. The molecule has 0 aliphatic heterocycles. The Labute approximate surface area is 122 Å². The Bertz CT molecular complexity index is 719. The Hall–Kier alpha value is -2.56. The average molecular weight is 283 g/mol. The van der Waals surface area contributed by atoms with Crippen molar-refractivity contribution in [3.05, 3.63) is 64.1 Å². The van der Waals surface area contributed by atoms with E-state index < -0.39 is 0 Å². The van der Waals surface area contributed by atoms with Crippen molar-refractivity contribution < 1.29 is 4.79 Å². The van der Waals surface area contributed by atoms with Gasteiger partial charge in [-0.3, -0.25) is 9.59 Å². The third-order valence-electron chi connectivity index (χ3n) is 3.64. The normalized spacial score (nSPS) is 13.9. The average Bonchev–Trinajstić information content (AvgIpc) is 3.30. The highest BCUT2D eigenvalue weighted by Crippen LogP contribution is 2.30. The molecule has 5 nitrogen and oxygen atoms in total. The minimum atomic E-state index is -0.268. The second-order valence-electron chi connectivity index (χ2n) is 5.29. The summed E-state index contributed by atoms with van der Waals surface area (Å²) in [6, 6.07) is 12.4. The first kappa shape index (κ1) is 13.4. The molecular formula is C16H17N3O2. The van der Waals surface area contributed by atoms with E-state index in [1.807, 2.05) is 24.3 Å². The molecule has 1 saturated carbocycles. The maximum absolute atomic E-state index is 12.6. The minimum absolute atomic E-state index is 0.154.